The fourth-order valence-electron chi connectivity index (χ4n) is 1.71. The van der Waals surface area contributed by atoms with E-state index in [1.165, 1.54) is 38.1 Å². The van der Waals surface area contributed by atoms with Gasteiger partial charge in [0.2, 0.25) is 0 Å². The monoisotopic (exact) mass is 272 g/mol. The smallest absolute Gasteiger partial charge is 0.314 e. The van der Waals surface area contributed by atoms with Gasteiger partial charge < -0.3 is 9.84 Å². The van der Waals surface area contributed by atoms with E-state index in [2.05, 4.69) is 0 Å². The van der Waals surface area contributed by atoms with Gasteiger partial charge in [-0.25, -0.2) is 8.78 Å². The van der Waals surface area contributed by atoms with Crippen LogP contribution in [0.15, 0.2) is 24.3 Å². The minimum Gasteiger partial charge on any atom is -0.465 e. The van der Waals surface area contributed by atoms with Crippen LogP contribution in [0.25, 0.3) is 0 Å². The number of halogens is 2. The van der Waals surface area contributed by atoms with Crippen molar-refractivity contribution in [2.45, 2.75) is 33.3 Å². The molecule has 5 heteroatoms. The molecule has 1 atom stereocenters. The van der Waals surface area contributed by atoms with E-state index in [0.717, 1.165) is 0 Å². The molecule has 0 heterocycles. The van der Waals surface area contributed by atoms with Crippen LogP contribution in [-0.4, -0.2) is 17.7 Å². The second-order valence-corrected chi connectivity index (χ2v) is 4.82. The van der Waals surface area contributed by atoms with Gasteiger partial charge in [-0.1, -0.05) is 18.2 Å². The molecule has 0 saturated carbocycles. The molecule has 0 amide bonds. The van der Waals surface area contributed by atoms with Crippen molar-refractivity contribution in [3.8, 4) is 0 Å². The average Bonchev–Trinajstić information content (AvgIpc) is 2.38. The lowest BCUT2D eigenvalue weighted by molar-refractivity contribution is -0.160. The molecule has 0 spiro atoms. The van der Waals surface area contributed by atoms with Crippen molar-refractivity contribution in [3.63, 3.8) is 0 Å². The molecule has 0 aliphatic heterocycles. The molecule has 1 rings (SSSR count). The topological polar surface area (TPSA) is 46.5 Å². The minimum absolute atomic E-state index is 0.184. The quantitative estimate of drug-likeness (QED) is 0.837. The molecule has 1 aromatic rings. The SMILES string of the molecule is CCOC(=O)C(C)(C)C(O)c1cccc(C(F)F)c1. The normalized spacial score (nSPS) is 13.4. The maximum Gasteiger partial charge on any atom is 0.314 e. The highest BCUT2D eigenvalue weighted by Gasteiger charge is 2.38. The van der Waals surface area contributed by atoms with Gasteiger partial charge in [-0.15, -0.1) is 0 Å². The van der Waals surface area contributed by atoms with Gasteiger partial charge in [-0.2, -0.15) is 0 Å². The van der Waals surface area contributed by atoms with Gasteiger partial charge in [0.05, 0.1) is 18.1 Å². The van der Waals surface area contributed by atoms with Crippen LogP contribution in [0.2, 0.25) is 0 Å². The number of carbonyl (C=O) groups excluding carboxylic acids is 1. The Kier molecular flexibility index (Phi) is 5.00. The fraction of sp³-hybridized carbons (Fsp3) is 0.500. The standard InChI is InChI=1S/C14H18F2O3/c1-4-19-13(18)14(2,3)11(17)9-6-5-7-10(8-9)12(15)16/h5-8,11-12,17H,4H2,1-3H3. The molecule has 0 aliphatic carbocycles. The van der Waals surface area contributed by atoms with Crippen LogP contribution in [0.4, 0.5) is 8.78 Å². The van der Waals surface area contributed by atoms with Crippen LogP contribution in [0.1, 0.15) is 44.4 Å². The summed E-state index contributed by atoms with van der Waals surface area (Å²) in [6.07, 6.45) is -3.82. The van der Waals surface area contributed by atoms with Crippen LogP contribution < -0.4 is 0 Å². The Morgan fingerprint density at radius 1 is 1.37 bits per heavy atom. The lowest BCUT2D eigenvalue weighted by atomic mass is 9.82. The van der Waals surface area contributed by atoms with Crippen molar-refractivity contribution in [2.24, 2.45) is 5.41 Å². The summed E-state index contributed by atoms with van der Waals surface area (Å²) in [6, 6.07) is 5.42. The summed E-state index contributed by atoms with van der Waals surface area (Å²) in [4.78, 5) is 11.8. The molecule has 106 valence electrons. The number of aliphatic hydroxyl groups excluding tert-OH is 1. The highest BCUT2D eigenvalue weighted by Crippen LogP contribution is 2.35. The second-order valence-electron chi connectivity index (χ2n) is 4.82. The van der Waals surface area contributed by atoms with Gasteiger partial charge >= 0.3 is 5.97 Å². The number of carbonyl (C=O) groups is 1. The van der Waals surface area contributed by atoms with Crippen molar-refractivity contribution < 1.29 is 23.4 Å². The van der Waals surface area contributed by atoms with Crippen LogP contribution in [-0.2, 0) is 9.53 Å². The van der Waals surface area contributed by atoms with Crippen molar-refractivity contribution >= 4 is 5.97 Å². The zero-order valence-corrected chi connectivity index (χ0v) is 11.2. The number of alkyl halides is 2. The third-order valence-corrected chi connectivity index (χ3v) is 2.96. The average molecular weight is 272 g/mol. The molecular weight excluding hydrogens is 254 g/mol. The molecule has 19 heavy (non-hydrogen) atoms. The predicted molar refractivity (Wildman–Crippen MR) is 66.8 cm³/mol. The molecule has 3 nitrogen and oxygen atoms in total. The Balaban J connectivity index is 3.02. The highest BCUT2D eigenvalue weighted by atomic mass is 19.3. The maximum absolute atomic E-state index is 12.6. The Labute approximate surface area is 111 Å². The van der Waals surface area contributed by atoms with E-state index >= 15 is 0 Å². The lowest BCUT2D eigenvalue weighted by Gasteiger charge is -2.28. The second kappa shape index (κ2) is 6.10. The van der Waals surface area contributed by atoms with E-state index in [0.29, 0.717) is 0 Å². The van der Waals surface area contributed by atoms with Crippen molar-refractivity contribution in [2.75, 3.05) is 6.61 Å². The fourth-order valence-corrected chi connectivity index (χ4v) is 1.71. The molecule has 1 unspecified atom stereocenters. The summed E-state index contributed by atoms with van der Waals surface area (Å²) in [5, 5.41) is 10.2. The number of hydrogen-bond acceptors (Lipinski definition) is 3. The van der Waals surface area contributed by atoms with Gasteiger partial charge in [0, 0.05) is 5.56 Å². The summed E-state index contributed by atoms with van der Waals surface area (Å²) >= 11 is 0. The number of hydrogen-bond donors (Lipinski definition) is 1. The highest BCUT2D eigenvalue weighted by molar-refractivity contribution is 5.77. The first-order chi connectivity index (χ1) is 8.80. The van der Waals surface area contributed by atoms with Gasteiger partial charge in [0.25, 0.3) is 6.43 Å². The Bertz CT molecular complexity index is 444. The van der Waals surface area contributed by atoms with Crippen LogP contribution >= 0.6 is 0 Å². The van der Waals surface area contributed by atoms with E-state index < -0.39 is 23.9 Å². The van der Waals surface area contributed by atoms with Gasteiger partial charge in [-0.05, 0) is 32.4 Å². The number of rotatable bonds is 5. The van der Waals surface area contributed by atoms with Gasteiger partial charge in [-0.3, -0.25) is 4.79 Å². The maximum atomic E-state index is 12.6. The summed E-state index contributed by atoms with van der Waals surface area (Å²) < 4.78 is 30.1. The zero-order chi connectivity index (χ0) is 14.6. The van der Waals surface area contributed by atoms with Gasteiger partial charge in [0.15, 0.2) is 0 Å². The third-order valence-electron chi connectivity index (χ3n) is 2.96. The van der Waals surface area contributed by atoms with Gasteiger partial charge in [0.1, 0.15) is 0 Å². The summed E-state index contributed by atoms with van der Waals surface area (Å²) in [6.45, 7) is 4.90. The van der Waals surface area contributed by atoms with Crippen molar-refractivity contribution in [1.29, 1.82) is 0 Å². The molecule has 0 aliphatic rings. The predicted octanol–water partition coefficient (Wildman–Crippen LogP) is 3.25. The molecule has 0 radical (unpaired) electrons. The molecule has 0 aromatic heterocycles. The Morgan fingerprint density at radius 2 is 1.95 bits per heavy atom. The van der Waals surface area contributed by atoms with E-state index in [1.807, 2.05) is 0 Å². The van der Waals surface area contributed by atoms with Crippen LogP contribution in [0.5, 0.6) is 0 Å². The number of aliphatic hydroxyl groups is 1. The van der Waals surface area contributed by atoms with E-state index in [1.54, 1.807) is 6.92 Å². The third kappa shape index (κ3) is 3.50. The van der Waals surface area contributed by atoms with Crippen LogP contribution in [0.3, 0.4) is 0 Å². The number of benzene rings is 1. The zero-order valence-electron chi connectivity index (χ0n) is 11.2. The number of esters is 1. The van der Waals surface area contributed by atoms with E-state index in [-0.39, 0.29) is 17.7 Å². The minimum atomic E-state index is -2.61. The molecular formula is C14H18F2O3. The first-order valence-electron chi connectivity index (χ1n) is 6.04. The Morgan fingerprint density at radius 3 is 2.47 bits per heavy atom. The van der Waals surface area contributed by atoms with Crippen LogP contribution in [0, 0.1) is 5.41 Å². The first-order valence-corrected chi connectivity index (χ1v) is 6.04. The number of ether oxygens (including phenoxy) is 1. The van der Waals surface area contributed by atoms with Crippen molar-refractivity contribution in [3.05, 3.63) is 35.4 Å². The molecule has 0 fully saturated rings. The summed E-state index contributed by atoms with van der Waals surface area (Å²) in [7, 11) is 0. The lowest BCUT2D eigenvalue weighted by Crippen LogP contribution is -2.33. The largest absolute Gasteiger partial charge is 0.465 e. The molecule has 0 bridgehead atoms. The first kappa shape index (κ1) is 15.6. The van der Waals surface area contributed by atoms with E-state index in [4.69, 9.17) is 4.74 Å². The summed E-state index contributed by atoms with van der Waals surface area (Å²) in [5.41, 5.74) is -1.11. The van der Waals surface area contributed by atoms with E-state index in [9.17, 15) is 18.7 Å². The Hall–Kier alpha value is -1.49. The summed E-state index contributed by atoms with van der Waals surface area (Å²) in [5.74, 6) is -0.565. The van der Waals surface area contributed by atoms with Crippen molar-refractivity contribution in [1.82, 2.24) is 0 Å². The molecule has 0 saturated heterocycles. The molecule has 1 aromatic carbocycles. The molecule has 1 N–H and O–H groups in total.